The fourth-order valence-corrected chi connectivity index (χ4v) is 1.93. The van der Waals surface area contributed by atoms with Gasteiger partial charge in [-0.25, -0.2) is 0 Å². The van der Waals surface area contributed by atoms with Gasteiger partial charge in [-0.2, -0.15) is 0 Å². The number of thioether (sulfide) groups is 1. The lowest BCUT2D eigenvalue weighted by molar-refractivity contribution is -0.130. The molecule has 0 saturated carbocycles. The summed E-state index contributed by atoms with van der Waals surface area (Å²) in [5.74, 6) is 1.37. The second-order valence-electron chi connectivity index (χ2n) is 3.45. The van der Waals surface area contributed by atoms with Crippen molar-refractivity contribution in [1.29, 1.82) is 0 Å². The van der Waals surface area contributed by atoms with Gasteiger partial charge in [-0.15, -0.1) is 11.8 Å². The summed E-state index contributed by atoms with van der Waals surface area (Å²) in [6, 6.07) is 0.146. The molecule has 0 rings (SSSR count). The molecule has 0 fully saturated rings. The Labute approximate surface area is 96.0 Å². The number of hydrogen-bond donors (Lipinski definition) is 1. The fraction of sp³-hybridized carbons (Fsp3) is 0.900. The van der Waals surface area contributed by atoms with Crippen LogP contribution in [0.4, 0.5) is 0 Å². The highest BCUT2D eigenvalue weighted by molar-refractivity contribution is 7.99. The summed E-state index contributed by atoms with van der Waals surface area (Å²) in [5, 5.41) is 8.82. The van der Waals surface area contributed by atoms with E-state index in [1.807, 2.05) is 13.8 Å². The van der Waals surface area contributed by atoms with Gasteiger partial charge in [0.05, 0.1) is 19.0 Å². The highest BCUT2D eigenvalue weighted by Crippen LogP contribution is 2.05. The summed E-state index contributed by atoms with van der Waals surface area (Å²) in [6.45, 7) is 5.01. The van der Waals surface area contributed by atoms with Crippen LogP contribution in [0.25, 0.3) is 0 Å². The first-order valence-corrected chi connectivity index (χ1v) is 6.26. The average Bonchev–Trinajstić information content (AvgIpc) is 2.20. The molecule has 0 heterocycles. The van der Waals surface area contributed by atoms with E-state index in [1.165, 1.54) is 0 Å². The number of carbonyl (C=O) groups excluding carboxylic acids is 1. The first kappa shape index (κ1) is 14.7. The highest BCUT2D eigenvalue weighted by Gasteiger charge is 2.15. The third kappa shape index (κ3) is 6.76. The zero-order valence-corrected chi connectivity index (χ0v) is 10.5. The summed E-state index contributed by atoms with van der Waals surface area (Å²) in [7, 11) is 1.65. The first-order valence-electron chi connectivity index (χ1n) is 5.10. The molecule has 1 N–H and O–H groups in total. The Kier molecular flexibility index (Phi) is 8.85. The predicted molar refractivity (Wildman–Crippen MR) is 63.1 cm³/mol. The number of ether oxygens (including phenoxy) is 1. The maximum atomic E-state index is 11.7. The predicted octanol–water partition coefficient (Wildman–Crippen LogP) is 0.595. The lowest BCUT2D eigenvalue weighted by Crippen LogP contribution is -2.40. The summed E-state index contributed by atoms with van der Waals surface area (Å²) in [5.41, 5.74) is 0. The summed E-state index contributed by atoms with van der Waals surface area (Å²) in [4.78, 5) is 13.4. The molecule has 15 heavy (non-hydrogen) atoms. The molecule has 0 aliphatic heterocycles. The largest absolute Gasteiger partial charge is 0.395 e. The van der Waals surface area contributed by atoms with Crippen molar-refractivity contribution < 1.29 is 14.6 Å². The Bertz CT molecular complexity index is 176. The molecule has 90 valence electrons. The minimum Gasteiger partial charge on any atom is -0.395 e. The summed E-state index contributed by atoms with van der Waals surface area (Å²) in [6.07, 6.45) is 0. The number of hydrogen-bond acceptors (Lipinski definition) is 4. The molecule has 0 aliphatic rings. The standard InChI is InChI=1S/C10H21NO3S/c1-9(2)11(4-5-12)10(13)8-15-7-6-14-3/h9,12H,4-8H2,1-3H3. The molecular weight excluding hydrogens is 214 g/mol. The van der Waals surface area contributed by atoms with Crippen LogP contribution in [0, 0.1) is 0 Å². The molecule has 0 bridgehead atoms. The normalized spacial score (nSPS) is 10.7. The number of methoxy groups -OCH3 is 1. The molecule has 0 radical (unpaired) electrons. The zero-order chi connectivity index (χ0) is 11.7. The quantitative estimate of drug-likeness (QED) is 0.626. The van der Waals surface area contributed by atoms with Crippen molar-refractivity contribution in [1.82, 2.24) is 4.90 Å². The van der Waals surface area contributed by atoms with Gasteiger partial charge in [-0.3, -0.25) is 4.79 Å². The lowest BCUT2D eigenvalue weighted by atomic mass is 10.3. The number of aliphatic hydroxyl groups is 1. The van der Waals surface area contributed by atoms with E-state index in [1.54, 1.807) is 23.8 Å². The monoisotopic (exact) mass is 235 g/mol. The van der Waals surface area contributed by atoms with E-state index in [0.717, 1.165) is 5.75 Å². The number of nitrogens with zero attached hydrogens (tertiary/aromatic N) is 1. The van der Waals surface area contributed by atoms with Crippen LogP contribution < -0.4 is 0 Å². The van der Waals surface area contributed by atoms with Gasteiger partial charge < -0.3 is 14.7 Å². The Balaban J connectivity index is 3.82. The second-order valence-corrected chi connectivity index (χ2v) is 4.56. The van der Waals surface area contributed by atoms with Crippen molar-refractivity contribution in [2.75, 3.05) is 38.4 Å². The van der Waals surface area contributed by atoms with Crippen molar-refractivity contribution in [2.45, 2.75) is 19.9 Å². The van der Waals surface area contributed by atoms with E-state index >= 15 is 0 Å². The van der Waals surface area contributed by atoms with E-state index in [2.05, 4.69) is 0 Å². The molecule has 0 saturated heterocycles. The second kappa shape index (κ2) is 9.00. The van der Waals surface area contributed by atoms with Crippen LogP contribution in [0.1, 0.15) is 13.8 Å². The minimum absolute atomic E-state index is 0.0205. The summed E-state index contributed by atoms with van der Waals surface area (Å²) >= 11 is 1.56. The van der Waals surface area contributed by atoms with E-state index in [9.17, 15) is 4.79 Å². The maximum Gasteiger partial charge on any atom is 0.232 e. The average molecular weight is 235 g/mol. The molecule has 5 heteroatoms. The van der Waals surface area contributed by atoms with Crippen LogP contribution in [0.5, 0.6) is 0 Å². The minimum atomic E-state index is 0.0205. The molecule has 0 unspecified atom stereocenters. The van der Waals surface area contributed by atoms with Gasteiger partial charge >= 0.3 is 0 Å². The molecule has 1 amide bonds. The molecule has 0 aromatic heterocycles. The SMILES string of the molecule is COCCSCC(=O)N(CCO)C(C)C. The van der Waals surface area contributed by atoms with Gasteiger partial charge in [0, 0.05) is 25.4 Å². The molecule has 4 nitrogen and oxygen atoms in total. The molecule has 0 aromatic rings. The van der Waals surface area contributed by atoms with E-state index in [0.29, 0.717) is 18.9 Å². The first-order chi connectivity index (χ1) is 7.13. The van der Waals surface area contributed by atoms with Crippen LogP contribution in [0.2, 0.25) is 0 Å². The van der Waals surface area contributed by atoms with Gasteiger partial charge in [0.25, 0.3) is 0 Å². The van der Waals surface area contributed by atoms with Crippen LogP contribution in [0.3, 0.4) is 0 Å². The van der Waals surface area contributed by atoms with Crippen molar-refractivity contribution in [3.05, 3.63) is 0 Å². The van der Waals surface area contributed by atoms with Gasteiger partial charge in [-0.1, -0.05) is 0 Å². The maximum absolute atomic E-state index is 11.7. The Morgan fingerprint density at radius 1 is 1.53 bits per heavy atom. The topological polar surface area (TPSA) is 49.8 Å². The van der Waals surface area contributed by atoms with Crippen LogP contribution in [-0.4, -0.2) is 60.3 Å². The molecule has 0 atom stereocenters. The fourth-order valence-electron chi connectivity index (χ4n) is 1.16. The zero-order valence-electron chi connectivity index (χ0n) is 9.73. The molecular formula is C10H21NO3S. The number of amides is 1. The van der Waals surface area contributed by atoms with Crippen molar-refractivity contribution in [2.24, 2.45) is 0 Å². The number of rotatable bonds is 8. The third-order valence-corrected chi connectivity index (χ3v) is 2.85. The van der Waals surface area contributed by atoms with E-state index in [4.69, 9.17) is 9.84 Å². The Morgan fingerprint density at radius 3 is 2.67 bits per heavy atom. The van der Waals surface area contributed by atoms with E-state index in [-0.39, 0.29) is 18.6 Å². The Morgan fingerprint density at radius 2 is 2.20 bits per heavy atom. The van der Waals surface area contributed by atoms with Crippen LogP contribution >= 0.6 is 11.8 Å². The van der Waals surface area contributed by atoms with Gasteiger partial charge in [0.15, 0.2) is 0 Å². The highest BCUT2D eigenvalue weighted by atomic mass is 32.2. The van der Waals surface area contributed by atoms with Crippen LogP contribution in [-0.2, 0) is 9.53 Å². The number of carbonyl (C=O) groups is 1. The number of aliphatic hydroxyl groups excluding tert-OH is 1. The van der Waals surface area contributed by atoms with E-state index < -0.39 is 0 Å². The van der Waals surface area contributed by atoms with Crippen molar-refractivity contribution in [3.8, 4) is 0 Å². The molecule has 0 spiro atoms. The van der Waals surface area contributed by atoms with Gasteiger partial charge in [0.1, 0.15) is 0 Å². The Hall–Kier alpha value is -0.260. The van der Waals surface area contributed by atoms with Gasteiger partial charge in [-0.05, 0) is 13.8 Å². The van der Waals surface area contributed by atoms with Crippen LogP contribution in [0.15, 0.2) is 0 Å². The summed E-state index contributed by atoms with van der Waals surface area (Å²) < 4.78 is 4.89. The molecule has 0 aliphatic carbocycles. The smallest absolute Gasteiger partial charge is 0.232 e. The lowest BCUT2D eigenvalue weighted by Gasteiger charge is -2.25. The van der Waals surface area contributed by atoms with Crippen molar-refractivity contribution >= 4 is 17.7 Å². The third-order valence-electron chi connectivity index (χ3n) is 1.94. The van der Waals surface area contributed by atoms with Crippen molar-refractivity contribution in [3.63, 3.8) is 0 Å². The molecule has 0 aromatic carbocycles. The van der Waals surface area contributed by atoms with Gasteiger partial charge in [0.2, 0.25) is 5.91 Å².